The van der Waals surface area contributed by atoms with E-state index < -0.39 is 0 Å². The van der Waals surface area contributed by atoms with Crippen molar-refractivity contribution in [2.75, 3.05) is 11.9 Å². The topological polar surface area (TPSA) is 42.2 Å². The predicted molar refractivity (Wildman–Crippen MR) is 94.1 cm³/mol. The maximum absolute atomic E-state index is 5.96. The molecule has 21 heavy (non-hydrogen) atoms. The summed E-state index contributed by atoms with van der Waals surface area (Å²) < 4.78 is 0. The molecule has 0 bridgehead atoms. The number of fused-ring (bicyclic) bond motifs is 1. The Bertz CT molecular complexity index is 546. The number of hydrogen-bond acceptors (Lipinski definition) is 3. The van der Waals surface area contributed by atoms with E-state index in [1.165, 1.54) is 24.1 Å². The summed E-state index contributed by atoms with van der Waals surface area (Å²) in [6.07, 6.45) is 4.62. The van der Waals surface area contributed by atoms with Crippen molar-refractivity contribution in [1.29, 1.82) is 0 Å². The van der Waals surface area contributed by atoms with Gasteiger partial charge in [0.2, 0.25) is 0 Å². The van der Waals surface area contributed by atoms with Gasteiger partial charge in [-0.3, -0.25) is 0 Å². The molecular formula is C17H27N3S. The first kappa shape index (κ1) is 16.2. The number of aryl methyl sites for hydroxylation is 2. The van der Waals surface area contributed by atoms with Crippen LogP contribution in [0.4, 0.5) is 5.82 Å². The van der Waals surface area contributed by atoms with E-state index in [0.29, 0.717) is 11.0 Å². The number of pyridine rings is 1. The van der Waals surface area contributed by atoms with E-state index in [1.54, 1.807) is 0 Å². The first-order valence-corrected chi connectivity index (χ1v) is 8.18. The zero-order chi connectivity index (χ0) is 15.8. The molecule has 4 heteroatoms. The molecule has 0 saturated heterocycles. The van der Waals surface area contributed by atoms with Crippen molar-refractivity contribution in [3.05, 3.63) is 22.9 Å². The number of anilines is 1. The first-order chi connectivity index (χ1) is 9.71. The van der Waals surface area contributed by atoms with Gasteiger partial charge >= 0.3 is 0 Å². The SMILES string of the molecule is CC(N(C)c1nc2c(cc1C(N)=S)CCCC2)C(C)(C)C. The molecule has 1 unspecified atom stereocenters. The van der Waals surface area contributed by atoms with Crippen molar-refractivity contribution in [2.24, 2.45) is 11.1 Å². The zero-order valence-electron chi connectivity index (χ0n) is 13.9. The van der Waals surface area contributed by atoms with Crippen molar-refractivity contribution in [3.8, 4) is 0 Å². The van der Waals surface area contributed by atoms with Crippen LogP contribution in [0.3, 0.4) is 0 Å². The summed E-state index contributed by atoms with van der Waals surface area (Å²) in [5.41, 5.74) is 9.60. The molecule has 0 saturated carbocycles. The van der Waals surface area contributed by atoms with Gasteiger partial charge in [-0.15, -0.1) is 0 Å². The second kappa shape index (κ2) is 5.91. The first-order valence-electron chi connectivity index (χ1n) is 7.77. The maximum atomic E-state index is 5.96. The Hall–Kier alpha value is -1.16. The van der Waals surface area contributed by atoms with Gasteiger partial charge in [-0.25, -0.2) is 4.98 Å². The van der Waals surface area contributed by atoms with Crippen LogP contribution >= 0.6 is 12.2 Å². The number of nitrogens with two attached hydrogens (primary N) is 1. The summed E-state index contributed by atoms with van der Waals surface area (Å²) in [6, 6.07) is 2.52. The lowest BCUT2D eigenvalue weighted by Crippen LogP contribution is -2.41. The van der Waals surface area contributed by atoms with Crippen LogP contribution in [0, 0.1) is 5.41 Å². The summed E-state index contributed by atoms with van der Waals surface area (Å²) in [6.45, 7) is 8.96. The number of thiocarbonyl (C=S) groups is 1. The van der Waals surface area contributed by atoms with Crippen LogP contribution in [0.5, 0.6) is 0 Å². The summed E-state index contributed by atoms with van der Waals surface area (Å²) >= 11 is 5.26. The molecule has 1 heterocycles. The van der Waals surface area contributed by atoms with Gasteiger partial charge in [-0.2, -0.15) is 0 Å². The number of hydrogen-bond donors (Lipinski definition) is 1. The highest BCUT2D eigenvalue weighted by Gasteiger charge is 2.27. The van der Waals surface area contributed by atoms with Crippen LogP contribution in [0.25, 0.3) is 0 Å². The fourth-order valence-electron chi connectivity index (χ4n) is 2.84. The lowest BCUT2D eigenvalue weighted by molar-refractivity contribution is 0.328. The molecule has 1 aromatic heterocycles. The molecule has 2 rings (SSSR count). The van der Waals surface area contributed by atoms with Gasteiger partial charge in [0, 0.05) is 18.8 Å². The lowest BCUT2D eigenvalue weighted by atomic mass is 9.87. The van der Waals surface area contributed by atoms with E-state index in [0.717, 1.165) is 24.2 Å². The Labute approximate surface area is 133 Å². The molecule has 1 aliphatic carbocycles. The third-order valence-electron chi connectivity index (χ3n) is 4.71. The Balaban J connectivity index is 2.48. The second-order valence-electron chi connectivity index (χ2n) is 7.19. The molecule has 0 aromatic carbocycles. The molecule has 2 N–H and O–H groups in total. The minimum absolute atomic E-state index is 0.166. The summed E-state index contributed by atoms with van der Waals surface area (Å²) in [4.78, 5) is 7.60. The van der Waals surface area contributed by atoms with Gasteiger partial charge in [0.15, 0.2) is 0 Å². The maximum Gasteiger partial charge on any atom is 0.139 e. The molecular weight excluding hydrogens is 278 g/mol. The summed E-state index contributed by atoms with van der Waals surface area (Å²) in [7, 11) is 2.09. The predicted octanol–water partition coefficient (Wildman–Crippen LogP) is 3.47. The number of nitrogens with zero attached hydrogens (tertiary/aromatic N) is 2. The normalized spacial score (nSPS) is 16.2. The number of aromatic nitrogens is 1. The largest absolute Gasteiger partial charge is 0.389 e. The van der Waals surface area contributed by atoms with Gasteiger partial charge in [0.25, 0.3) is 0 Å². The molecule has 116 valence electrons. The van der Waals surface area contributed by atoms with Crippen molar-refractivity contribution in [3.63, 3.8) is 0 Å². The van der Waals surface area contributed by atoms with Crippen LogP contribution in [0.1, 0.15) is 57.4 Å². The van der Waals surface area contributed by atoms with Gasteiger partial charge in [-0.1, -0.05) is 33.0 Å². The van der Waals surface area contributed by atoms with Crippen molar-refractivity contribution in [1.82, 2.24) is 4.98 Å². The highest BCUT2D eigenvalue weighted by Crippen LogP contribution is 2.31. The van der Waals surface area contributed by atoms with Crippen LogP contribution in [0.2, 0.25) is 0 Å². The summed E-state index contributed by atoms with van der Waals surface area (Å²) in [5, 5.41) is 0. The smallest absolute Gasteiger partial charge is 0.139 e. The molecule has 1 aliphatic rings. The second-order valence-corrected chi connectivity index (χ2v) is 7.63. The molecule has 0 radical (unpaired) electrons. The molecule has 3 nitrogen and oxygen atoms in total. The Morgan fingerprint density at radius 2 is 1.95 bits per heavy atom. The summed E-state index contributed by atoms with van der Waals surface area (Å²) in [5.74, 6) is 0.936. The molecule has 1 aromatic rings. The number of rotatable bonds is 3. The van der Waals surface area contributed by atoms with E-state index in [-0.39, 0.29) is 5.41 Å². The standard InChI is InChI=1S/C17H27N3S/c1-11(17(2,3)4)20(5)16-13(15(18)21)10-12-8-6-7-9-14(12)19-16/h10-11H,6-9H2,1-5H3,(H2,18,21). The van der Waals surface area contributed by atoms with Crippen molar-refractivity contribution < 1.29 is 0 Å². The monoisotopic (exact) mass is 305 g/mol. The van der Waals surface area contributed by atoms with E-state index in [9.17, 15) is 0 Å². The average molecular weight is 305 g/mol. The highest BCUT2D eigenvalue weighted by atomic mass is 32.1. The molecule has 0 fully saturated rings. The Morgan fingerprint density at radius 1 is 1.33 bits per heavy atom. The van der Waals surface area contributed by atoms with Crippen LogP contribution in [0.15, 0.2) is 6.07 Å². The molecule has 0 aliphatic heterocycles. The fraction of sp³-hybridized carbons (Fsp3) is 0.647. The van der Waals surface area contributed by atoms with Gasteiger partial charge < -0.3 is 10.6 Å². The highest BCUT2D eigenvalue weighted by molar-refractivity contribution is 7.80. The van der Waals surface area contributed by atoms with Gasteiger partial charge in [0.1, 0.15) is 10.8 Å². The van der Waals surface area contributed by atoms with Gasteiger partial charge in [0.05, 0.1) is 5.56 Å². The zero-order valence-corrected chi connectivity index (χ0v) is 14.7. The fourth-order valence-corrected chi connectivity index (χ4v) is 2.99. The minimum Gasteiger partial charge on any atom is -0.389 e. The Morgan fingerprint density at radius 3 is 2.52 bits per heavy atom. The van der Waals surface area contributed by atoms with Crippen molar-refractivity contribution >= 4 is 23.0 Å². The van der Waals surface area contributed by atoms with Crippen molar-refractivity contribution in [2.45, 2.75) is 59.4 Å². The van der Waals surface area contributed by atoms with Crippen LogP contribution in [-0.2, 0) is 12.8 Å². The van der Waals surface area contributed by atoms with Crippen LogP contribution in [-0.4, -0.2) is 23.1 Å². The lowest BCUT2D eigenvalue weighted by Gasteiger charge is -2.37. The van der Waals surface area contributed by atoms with Crippen LogP contribution < -0.4 is 10.6 Å². The quantitative estimate of drug-likeness (QED) is 0.868. The molecule has 0 amide bonds. The Kier molecular flexibility index (Phi) is 4.57. The third kappa shape index (κ3) is 3.37. The minimum atomic E-state index is 0.166. The average Bonchev–Trinajstić information content (AvgIpc) is 2.43. The van der Waals surface area contributed by atoms with E-state index in [2.05, 4.69) is 45.7 Å². The van der Waals surface area contributed by atoms with E-state index >= 15 is 0 Å². The van der Waals surface area contributed by atoms with E-state index in [1.807, 2.05) is 0 Å². The third-order valence-corrected chi connectivity index (χ3v) is 4.93. The molecule has 0 spiro atoms. The van der Waals surface area contributed by atoms with E-state index in [4.69, 9.17) is 22.9 Å². The molecule has 1 atom stereocenters. The van der Waals surface area contributed by atoms with Gasteiger partial charge in [-0.05, 0) is 49.7 Å².